The average molecular weight is 406 g/mol. The number of hydrogen-bond acceptors (Lipinski definition) is 4. The molecular formula is C21H31N3O3S. The number of carbonyl (C=O) groups is 3. The molecule has 1 atom stereocenters. The van der Waals surface area contributed by atoms with Crippen molar-refractivity contribution in [3.05, 3.63) is 22.4 Å². The molecule has 154 valence electrons. The molecule has 0 radical (unpaired) electrons. The van der Waals surface area contributed by atoms with Gasteiger partial charge in [0.1, 0.15) is 0 Å². The van der Waals surface area contributed by atoms with Crippen LogP contribution < -0.4 is 10.6 Å². The number of carbonyl (C=O) groups excluding carboxylic acids is 3. The molecule has 2 N–H and O–H groups in total. The van der Waals surface area contributed by atoms with Crippen LogP contribution in [0.25, 0.3) is 0 Å². The van der Waals surface area contributed by atoms with Gasteiger partial charge in [0.25, 0.3) is 0 Å². The van der Waals surface area contributed by atoms with E-state index in [0.717, 1.165) is 43.4 Å². The third-order valence-corrected chi connectivity index (χ3v) is 6.80. The summed E-state index contributed by atoms with van der Waals surface area (Å²) in [6, 6.07) is 3.78. The Bertz CT molecular complexity index is 662. The Kier molecular flexibility index (Phi) is 7.48. The van der Waals surface area contributed by atoms with Crippen LogP contribution in [-0.2, 0) is 14.4 Å². The molecule has 7 heteroatoms. The molecule has 2 aliphatic rings. The van der Waals surface area contributed by atoms with E-state index in [0.29, 0.717) is 13.1 Å². The fourth-order valence-electron chi connectivity index (χ4n) is 4.22. The highest BCUT2D eigenvalue weighted by Gasteiger charge is 2.28. The van der Waals surface area contributed by atoms with Crippen LogP contribution >= 0.6 is 11.3 Å². The van der Waals surface area contributed by atoms with Crippen LogP contribution in [0.2, 0.25) is 0 Å². The Morgan fingerprint density at radius 3 is 2.46 bits per heavy atom. The summed E-state index contributed by atoms with van der Waals surface area (Å²) >= 11 is 1.55. The number of piperidine rings is 1. The zero-order chi connectivity index (χ0) is 19.9. The van der Waals surface area contributed by atoms with Crippen LogP contribution in [0.15, 0.2) is 17.5 Å². The molecule has 2 fully saturated rings. The van der Waals surface area contributed by atoms with Crippen LogP contribution in [0, 0.1) is 5.92 Å². The third kappa shape index (κ3) is 5.80. The Morgan fingerprint density at radius 1 is 1.14 bits per heavy atom. The first kappa shape index (κ1) is 20.8. The van der Waals surface area contributed by atoms with Crippen LogP contribution in [0.1, 0.15) is 69.2 Å². The fraction of sp³-hybridized carbons (Fsp3) is 0.667. The van der Waals surface area contributed by atoms with Crippen LogP contribution in [-0.4, -0.2) is 41.8 Å². The lowest BCUT2D eigenvalue weighted by atomic mass is 9.88. The quantitative estimate of drug-likeness (QED) is 0.764. The van der Waals surface area contributed by atoms with Crippen molar-refractivity contribution in [2.45, 2.75) is 70.4 Å². The Hall–Kier alpha value is -1.89. The fourth-order valence-corrected chi connectivity index (χ4v) is 5.00. The minimum atomic E-state index is -0.270. The molecule has 0 aromatic carbocycles. The molecule has 6 nitrogen and oxygen atoms in total. The molecule has 1 aliphatic carbocycles. The summed E-state index contributed by atoms with van der Waals surface area (Å²) in [4.78, 5) is 39.6. The van der Waals surface area contributed by atoms with Crippen molar-refractivity contribution in [1.29, 1.82) is 0 Å². The molecule has 1 aromatic rings. The first-order valence-corrected chi connectivity index (χ1v) is 11.3. The summed E-state index contributed by atoms with van der Waals surface area (Å²) < 4.78 is 0. The van der Waals surface area contributed by atoms with E-state index in [-0.39, 0.29) is 42.1 Å². The van der Waals surface area contributed by atoms with E-state index >= 15 is 0 Å². The lowest BCUT2D eigenvalue weighted by molar-refractivity contribution is -0.133. The third-order valence-electron chi connectivity index (χ3n) is 5.81. The van der Waals surface area contributed by atoms with Crippen LogP contribution in [0.5, 0.6) is 0 Å². The summed E-state index contributed by atoms with van der Waals surface area (Å²) in [5.41, 5.74) is 0. The van der Waals surface area contributed by atoms with Gasteiger partial charge in [-0.1, -0.05) is 25.3 Å². The van der Waals surface area contributed by atoms with Crippen molar-refractivity contribution in [3.8, 4) is 0 Å². The van der Waals surface area contributed by atoms with Crippen molar-refractivity contribution in [2.75, 3.05) is 13.1 Å². The zero-order valence-electron chi connectivity index (χ0n) is 16.6. The minimum absolute atomic E-state index is 0.0595. The van der Waals surface area contributed by atoms with Gasteiger partial charge in [-0.2, -0.15) is 0 Å². The van der Waals surface area contributed by atoms with E-state index in [4.69, 9.17) is 0 Å². The molecule has 3 rings (SSSR count). The summed E-state index contributed by atoms with van der Waals surface area (Å²) in [6.07, 6.45) is 7.46. The van der Waals surface area contributed by atoms with Gasteiger partial charge in [-0.3, -0.25) is 14.4 Å². The van der Waals surface area contributed by atoms with Gasteiger partial charge in [-0.05, 0) is 37.1 Å². The highest BCUT2D eigenvalue weighted by Crippen LogP contribution is 2.25. The second-order valence-electron chi connectivity index (χ2n) is 7.97. The van der Waals surface area contributed by atoms with Gasteiger partial charge in [0.15, 0.2) is 0 Å². The van der Waals surface area contributed by atoms with Crippen molar-refractivity contribution < 1.29 is 14.4 Å². The maximum atomic E-state index is 12.8. The van der Waals surface area contributed by atoms with Crippen molar-refractivity contribution in [2.24, 2.45) is 5.92 Å². The number of rotatable bonds is 6. The second-order valence-corrected chi connectivity index (χ2v) is 8.95. The number of amides is 3. The van der Waals surface area contributed by atoms with Gasteiger partial charge in [-0.25, -0.2) is 0 Å². The number of thiophene rings is 1. The van der Waals surface area contributed by atoms with Crippen molar-refractivity contribution in [3.63, 3.8) is 0 Å². The smallest absolute Gasteiger partial charge is 0.225 e. The lowest BCUT2D eigenvalue weighted by Crippen LogP contribution is -2.48. The average Bonchev–Trinajstić information content (AvgIpc) is 3.23. The van der Waals surface area contributed by atoms with Crippen molar-refractivity contribution >= 4 is 29.1 Å². The summed E-state index contributed by atoms with van der Waals surface area (Å²) in [5.74, 6) is 0.310. The first-order valence-electron chi connectivity index (χ1n) is 10.4. The van der Waals surface area contributed by atoms with E-state index in [1.165, 1.54) is 13.3 Å². The highest BCUT2D eigenvalue weighted by atomic mass is 32.1. The second kappa shape index (κ2) is 10.0. The standard InChI is InChI=1S/C21H31N3O3S/c1-15(25)22-18(19-8-5-13-28-19)14-20(26)24-11-9-17(10-12-24)23-21(27)16-6-3-2-4-7-16/h5,8,13,16-18H,2-4,6-7,9-12,14H2,1H3,(H,22,25)(H,23,27). The maximum absolute atomic E-state index is 12.8. The van der Waals surface area contributed by atoms with E-state index in [1.54, 1.807) is 11.3 Å². The summed E-state index contributed by atoms with van der Waals surface area (Å²) in [7, 11) is 0. The Morgan fingerprint density at radius 2 is 1.86 bits per heavy atom. The molecule has 0 bridgehead atoms. The topological polar surface area (TPSA) is 78.5 Å². The molecule has 28 heavy (non-hydrogen) atoms. The molecule has 1 unspecified atom stereocenters. The molecule has 1 saturated heterocycles. The van der Waals surface area contributed by atoms with E-state index < -0.39 is 0 Å². The molecule has 1 aliphatic heterocycles. The SMILES string of the molecule is CC(=O)NC(CC(=O)N1CCC(NC(=O)C2CCCCC2)CC1)c1cccs1. The normalized spacial score (nSPS) is 19.8. The molecule has 2 heterocycles. The number of likely N-dealkylation sites (tertiary alicyclic amines) is 1. The van der Waals surface area contributed by atoms with E-state index in [2.05, 4.69) is 10.6 Å². The Balaban J connectivity index is 1.46. The van der Waals surface area contributed by atoms with Gasteiger partial charge in [0.05, 0.1) is 12.5 Å². The maximum Gasteiger partial charge on any atom is 0.225 e. The molecule has 1 aromatic heterocycles. The van der Waals surface area contributed by atoms with Crippen LogP contribution in [0.3, 0.4) is 0 Å². The van der Waals surface area contributed by atoms with Crippen molar-refractivity contribution in [1.82, 2.24) is 15.5 Å². The first-order chi connectivity index (χ1) is 13.5. The predicted octanol–water partition coefficient (Wildman–Crippen LogP) is 3.00. The summed E-state index contributed by atoms with van der Waals surface area (Å²) in [6.45, 7) is 2.79. The van der Waals surface area contributed by atoms with Gasteiger partial charge in [0.2, 0.25) is 17.7 Å². The monoisotopic (exact) mass is 405 g/mol. The number of nitrogens with zero attached hydrogens (tertiary/aromatic N) is 1. The van der Waals surface area contributed by atoms with Gasteiger partial charge in [-0.15, -0.1) is 11.3 Å². The highest BCUT2D eigenvalue weighted by molar-refractivity contribution is 7.10. The number of nitrogens with one attached hydrogen (secondary N) is 2. The lowest BCUT2D eigenvalue weighted by Gasteiger charge is -2.34. The van der Waals surface area contributed by atoms with Crippen LogP contribution in [0.4, 0.5) is 0 Å². The largest absolute Gasteiger partial charge is 0.353 e. The molecule has 1 saturated carbocycles. The van der Waals surface area contributed by atoms with E-state index in [9.17, 15) is 14.4 Å². The molecule has 0 spiro atoms. The molecular weight excluding hydrogens is 374 g/mol. The number of hydrogen-bond donors (Lipinski definition) is 2. The van der Waals surface area contributed by atoms with E-state index in [1.807, 2.05) is 22.4 Å². The zero-order valence-corrected chi connectivity index (χ0v) is 17.4. The van der Waals surface area contributed by atoms with Gasteiger partial charge >= 0.3 is 0 Å². The predicted molar refractivity (Wildman–Crippen MR) is 110 cm³/mol. The van der Waals surface area contributed by atoms with Gasteiger partial charge < -0.3 is 15.5 Å². The minimum Gasteiger partial charge on any atom is -0.353 e. The summed E-state index contributed by atoms with van der Waals surface area (Å²) in [5, 5.41) is 8.05. The molecule has 3 amide bonds. The Labute approximate surface area is 171 Å². The van der Waals surface area contributed by atoms with Gasteiger partial charge in [0, 0.05) is 36.9 Å².